The molecule has 0 fully saturated rings. The number of nitrogens with zero attached hydrogens (tertiary/aromatic N) is 2. The molecule has 1 aromatic heterocycles. The molecule has 0 saturated heterocycles. The highest BCUT2D eigenvalue weighted by molar-refractivity contribution is 5.95. The quantitative estimate of drug-likeness (QED) is 0.536. The lowest BCUT2D eigenvalue weighted by Gasteiger charge is -2.10. The zero-order valence-corrected chi connectivity index (χ0v) is 16.9. The van der Waals surface area contributed by atoms with Gasteiger partial charge in [-0.3, -0.25) is 9.48 Å². The van der Waals surface area contributed by atoms with Gasteiger partial charge in [-0.05, 0) is 29.7 Å². The topological polar surface area (TPSA) is 65.4 Å². The van der Waals surface area contributed by atoms with Crippen LogP contribution in [0, 0.1) is 0 Å². The predicted molar refractivity (Wildman–Crippen MR) is 112 cm³/mol. The van der Waals surface area contributed by atoms with Gasteiger partial charge in [0.1, 0.15) is 12.4 Å². The number of nitrogens with one attached hydrogen (secondary N) is 1. The minimum atomic E-state index is -0.119. The Morgan fingerprint density at radius 3 is 2.62 bits per heavy atom. The van der Waals surface area contributed by atoms with Gasteiger partial charge in [0.25, 0.3) is 5.91 Å². The van der Waals surface area contributed by atoms with Gasteiger partial charge in [0.05, 0.1) is 30.6 Å². The Labute approximate surface area is 171 Å². The molecule has 152 valence electrons. The largest absolute Gasteiger partial charge is 0.491 e. The van der Waals surface area contributed by atoms with Crippen LogP contribution in [0.5, 0.6) is 5.75 Å². The smallest absolute Gasteiger partial charge is 0.255 e. The number of rotatable bonds is 10. The maximum atomic E-state index is 12.7. The van der Waals surface area contributed by atoms with E-state index in [1.54, 1.807) is 13.3 Å². The van der Waals surface area contributed by atoms with Crippen molar-refractivity contribution in [1.29, 1.82) is 0 Å². The molecule has 0 aliphatic carbocycles. The van der Waals surface area contributed by atoms with E-state index in [0.717, 1.165) is 29.0 Å². The highest BCUT2D eigenvalue weighted by Crippen LogP contribution is 2.15. The lowest BCUT2D eigenvalue weighted by molar-refractivity contribution is 0.0949. The number of hydrogen-bond donors (Lipinski definition) is 1. The maximum absolute atomic E-state index is 12.7. The fourth-order valence-corrected chi connectivity index (χ4v) is 3.13. The first-order valence-corrected chi connectivity index (χ1v) is 9.78. The van der Waals surface area contributed by atoms with Gasteiger partial charge in [-0.15, -0.1) is 0 Å². The Balaban J connectivity index is 1.63. The van der Waals surface area contributed by atoms with Crippen LogP contribution in [-0.4, -0.2) is 36.0 Å². The van der Waals surface area contributed by atoms with Crippen molar-refractivity contribution in [1.82, 2.24) is 15.1 Å². The van der Waals surface area contributed by atoms with Crippen molar-refractivity contribution in [2.45, 2.75) is 26.4 Å². The van der Waals surface area contributed by atoms with Crippen LogP contribution >= 0.6 is 0 Å². The molecule has 29 heavy (non-hydrogen) atoms. The van der Waals surface area contributed by atoms with E-state index in [1.807, 2.05) is 54.1 Å². The zero-order valence-electron chi connectivity index (χ0n) is 16.9. The normalized spacial score (nSPS) is 10.7. The molecule has 0 aliphatic heterocycles. The number of carbonyl (C=O) groups is 1. The monoisotopic (exact) mass is 393 g/mol. The molecule has 0 spiro atoms. The summed E-state index contributed by atoms with van der Waals surface area (Å²) in [5.41, 5.74) is 3.68. The molecule has 0 aliphatic rings. The zero-order chi connectivity index (χ0) is 20.5. The van der Waals surface area contributed by atoms with Crippen LogP contribution in [-0.2, 0) is 24.2 Å². The van der Waals surface area contributed by atoms with Gasteiger partial charge in [0, 0.05) is 13.7 Å². The first-order chi connectivity index (χ1) is 14.2. The minimum Gasteiger partial charge on any atom is -0.491 e. The summed E-state index contributed by atoms with van der Waals surface area (Å²) in [6.07, 6.45) is 2.39. The fourth-order valence-electron chi connectivity index (χ4n) is 3.13. The van der Waals surface area contributed by atoms with E-state index >= 15 is 0 Å². The molecule has 0 atom stereocenters. The van der Waals surface area contributed by atoms with Gasteiger partial charge in [0.2, 0.25) is 0 Å². The Morgan fingerprint density at radius 1 is 1.07 bits per heavy atom. The van der Waals surface area contributed by atoms with Gasteiger partial charge in [-0.1, -0.05) is 49.4 Å². The number of ether oxygens (including phenoxy) is 2. The fraction of sp³-hybridized carbons (Fsp3) is 0.304. The molecular weight excluding hydrogens is 366 g/mol. The van der Waals surface area contributed by atoms with Gasteiger partial charge in [0.15, 0.2) is 0 Å². The van der Waals surface area contributed by atoms with Gasteiger partial charge >= 0.3 is 0 Å². The molecule has 1 N–H and O–H groups in total. The summed E-state index contributed by atoms with van der Waals surface area (Å²) in [5, 5.41) is 7.43. The Hall–Kier alpha value is -3.12. The van der Waals surface area contributed by atoms with Crippen molar-refractivity contribution < 1.29 is 14.3 Å². The van der Waals surface area contributed by atoms with E-state index in [2.05, 4.69) is 22.5 Å². The van der Waals surface area contributed by atoms with E-state index in [4.69, 9.17) is 9.47 Å². The van der Waals surface area contributed by atoms with Crippen LogP contribution < -0.4 is 10.1 Å². The predicted octanol–water partition coefficient (Wildman–Crippen LogP) is 3.45. The third-order valence-corrected chi connectivity index (χ3v) is 4.61. The first-order valence-electron chi connectivity index (χ1n) is 9.78. The van der Waals surface area contributed by atoms with E-state index in [-0.39, 0.29) is 5.91 Å². The molecule has 0 unspecified atom stereocenters. The number of methoxy groups -OCH3 is 1. The van der Waals surface area contributed by atoms with Gasteiger partial charge < -0.3 is 14.8 Å². The molecule has 0 saturated carbocycles. The molecule has 3 rings (SSSR count). The third-order valence-electron chi connectivity index (χ3n) is 4.61. The lowest BCUT2D eigenvalue weighted by Crippen LogP contribution is -2.24. The summed E-state index contributed by atoms with van der Waals surface area (Å²) in [6, 6.07) is 17.8. The average molecular weight is 393 g/mol. The first kappa shape index (κ1) is 20.6. The van der Waals surface area contributed by atoms with Gasteiger partial charge in [-0.2, -0.15) is 5.10 Å². The molecular formula is C23H27N3O3. The Kier molecular flexibility index (Phi) is 7.41. The van der Waals surface area contributed by atoms with Crippen LogP contribution in [0.2, 0.25) is 0 Å². The van der Waals surface area contributed by atoms with Crippen molar-refractivity contribution in [3.05, 3.63) is 83.2 Å². The summed E-state index contributed by atoms with van der Waals surface area (Å²) in [6.45, 7) is 4.14. The number of aromatic nitrogens is 2. The average Bonchev–Trinajstić information content (AvgIpc) is 3.16. The molecule has 3 aromatic rings. The van der Waals surface area contributed by atoms with Crippen molar-refractivity contribution in [2.75, 3.05) is 20.3 Å². The van der Waals surface area contributed by atoms with Crippen molar-refractivity contribution in [2.24, 2.45) is 0 Å². The number of amides is 1. The summed E-state index contributed by atoms with van der Waals surface area (Å²) in [5.74, 6) is 0.644. The molecule has 6 heteroatoms. The summed E-state index contributed by atoms with van der Waals surface area (Å²) < 4.78 is 12.5. The minimum absolute atomic E-state index is 0.119. The number of hydrogen-bond acceptors (Lipinski definition) is 4. The van der Waals surface area contributed by atoms with E-state index in [9.17, 15) is 4.79 Å². The Morgan fingerprint density at radius 2 is 1.86 bits per heavy atom. The van der Waals surface area contributed by atoms with E-state index in [1.165, 1.54) is 0 Å². The standard InChI is InChI=1S/C23H27N3O3/c1-3-22-21(16-25-26(22)17-18-8-5-4-6-9-18)23(27)24-15-19-10-7-11-20(14-19)29-13-12-28-2/h4-11,14,16H,3,12-13,15,17H2,1-2H3,(H,24,27). The molecule has 0 bridgehead atoms. The third kappa shape index (κ3) is 5.68. The summed E-state index contributed by atoms with van der Waals surface area (Å²) in [4.78, 5) is 12.7. The number of benzene rings is 2. The second-order valence-electron chi connectivity index (χ2n) is 6.67. The van der Waals surface area contributed by atoms with Crippen molar-refractivity contribution in [3.63, 3.8) is 0 Å². The van der Waals surface area contributed by atoms with Gasteiger partial charge in [-0.25, -0.2) is 0 Å². The van der Waals surface area contributed by atoms with Crippen LogP contribution in [0.1, 0.15) is 34.1 Å². The SMILES string of the molecule is CCc1c(C(=O)NCc2cccc(OCCOC)c2)cnn1Cc1ccccc1. The highest BCUT2D eigenvalue weighted by atomic mass is 16.5. The maximum Gasteiger partial charge on any atom is 0.255 e. The van der Waals surface area contributed by atoms with Crippen molar-refractivity contribution >= 4 is 5.91 Å². The molecule has 6 nitrogen and oxygen atoms in total. The van der Waals surface area contributed by atoms with E-state index in [0.29, 0.717) is 31.9 Å². The Bertz CT molecular complexity index is 922. The molecule has 1 amide bonds. The highest BCUT2D eigenvalue weighted by Gasteiger charge is 2.16. The van der Waals surface area contributed by atoms with Crippen LogP contribution in [0.4, 0.5) is 0 Å². The second kappa shape index (κ2) is 10.4. The van der Waals surface area contributed by atoms with Crippen LogP contribution in [0.3, 0.4) is 0 Å². The number of carbonyl (C=O) groups excluding carboxylic acids is 1. The van der Waals surface area contributed by atoms with Crippen LogP contribution in [0.15, 0.2) is 60.8 Å². The molecule has 0 radical (unpaired) electrons. The second-order valence-corrected chi connectivity index (χ2v) is 6.67. The lowest BCUT2D eigenvalue weighted by atomic mass is 10.1. The summed E-state index contributed by atoms with van der Waals surface area (Å²) >= 11 is 0. The molecule has 2 aromatic carbocycles. The summed E-state index contributed by atoms with van der Waals surface area (Å²) in [7, 11) is 1.64. The van der Waals surface area contributed by atoms with Crippen molar-refractivity contribution in [3.8, 4) is 5.75 Å². The van der Waals surface area contributed by atoms with E-state index < -0.39 is 0 Å². The van der Waals surface area contributed by atoms with Crippen LogP contribution in [0.25, 0.3) is 0 Å². The molecule has 1 heterocycles.